The fourth-order valence-electron chi connectivity index (χ4n) is 3.45. The van der Waals surface area contributed by atoms with Crippen molar-refractivity contribution in [2.45, 2.75) is 32.1 Å². The summed E-state index contributed by atoms with van der Waals surface area (Å²) in [7, 11) is 0. The van der Waals surface area contributed by atoms with Crippen LogP contribution >= 0.6 is 0 Å². The maximum absolute atomic E-state index is 12.0. The van der Waals surface area contributed by atoms with Gasteiger partial charge >= 0.3 is 6.09 Å². The number of carbonyl (C=O) groups excluding carboxylic acids is 1. The Morgan fingerprint density at radius 3 is 2.52 bits per heavy atom. The Labute approximate surface area is 126 Å². The molecule has 2 atom stereocenters. The summed E-state index contributed by atoms with van der Waals surface area (Å²) in [6.45, 7) is 5.57. The molecular formula is C17H24N2O2. The number of carbonyl (C=O) groups is 1. The predicted octanol–water partition coefficient (Wildman–Crippen LogP) is 3.26. The van der Waals surface area contributed by atoms with Crippen molar-refractivity contribution < 1.29 is 9.63 Å². The van der Waals surface area contributed by atoms with E-state index < -0.39 is 0 Å². The monoisotopic (exact) mass is 288 g/mol. The lowest BCUT2D eigenvalue weighted by Gasteiger charge is -2.36. The van der Waals surface area contributed by atoms with Gasteiger partial charge in [-0.1, -0.05) is 37.3 Å². The van der Waals surface area contributed by atoms with E-state index in [0.717, 1.165) is 45.4 Å². The zero-order valence-corrected chi connectivity index (χ0v) is 12.7. The minimum atomic E-state index is -0.169. The van der Waals surface area contributed by atoms with Gasteiger partial charge in [0, 0.05) is 26.2 Å². The minimum Gasteiger partial charge on any atom is -0.351 e. The first-order chi connectivity index (χ1) is 10.2. The first kappa shape index (κ1) is 14.4. The van der Waals surface area contributed by atoms with Crippen LogP contribution < -0.4 is 0 Å². The van der Waals surface area contributed by atoms with E-state index in [1.54, 1.807) is 0 Å². The number of likely N-dealkylation sites (tertiary alicyclic amines) is 1. The van der Waals surface area contributed by atoms with Crippen LogP contribution in [-0.4, -0.2) is 42.2 Å². The average molecular weight is 288 g/mol. The molecule has 114 valence electrons. The average Bonchev–Trinajstić information content (AvgIpc) is 3.02. The lowest BCUT2D eigenvalue weighted by molar-refractivity contribution is -0.134. The summed E-state index contributed by atoms with van der Waals surface area (Å²) in [4.78, 5) is 19.4. The molecule has 2 aliphatic rings. The highest BCUT2D eigenvalue weighted by atomic mass is 16.7. The highest BCUT2D eigenvalue weighted by Gasteiger charge is 2.30. The summed E-state index contributed by atoms with van der Waals surface area (Å²) in [5, 5.41) is 1.85. The Morgan fingerprint density at radius 2 is 1.86 bits per heavy atom. The van der Waals surface area contributed by atoms with Crippen LogP contribution in [0.15, 0.2) is 30.3 Å². The lowest BCUT2D eigenvalue weighted by Crippen LogP contribution is -2.42. The van der Waals surface area contributed by atoms with Crippen molar-refractivity contribution >= 4 is 6.09 Å². The topological polar surface area (TPSA) is 32.8 Å². The summed E-state index contributed by atoms with van der Waals surface area (Å²) >= 11 is 0. The van der Waals surface area contributed by atoms with Crippen molar-refractivity contribution in [1.82, 2.24) is 9.96 Å². The molecule has 0 aromatic heterocycles. The standard InChI is InChI=1S/C17H24N2O2/c1-14-13-19(21-17(20)18-10-5-6-11-18)12-9-16(14)15-7-3-2-4-8-15/h2-4,7-8,14,16H,5-6,9-13H2,1H3. The zero-order valence-electron chi connectivity index (χ0n) is 12.7. The van der Waals surface area contributed by atoms with Crippen LogP contribution in [0.4, 0.5) is 4.79 Å². The zero-order chi connectivity index (χ0) is 14.7. The molecule has 2 saturated heterocycles. The van der Waals surface area contributed by atoms with Gasteiger partial charge in [-0.25, -0.2) is 4.79 Å². The number of rotatable bonds is 2. The van der Waals surface area contributed by atoms with Crippen LogP contribution in [0.25, 0.3) is 0 Å². The van der Waals surface area contributed by atoms with Gasteiger partial charge in [-0.2, -0.15) is 0 Å². The van der Waals surface area contributed by atoms with Crippen LogP contribution in [0.1, 0.15) is 37.7 Å². The molecule has 1 amide bonds. The lowest BCUT2D eigenvalue weighted by atomic mass is 9.82. The molecule has 2 aliphatic heterocycles. The molecule has 1 aromatic rings. The second kappa shape index (κ2) is 6.48. The van der Waals surface area contributed by atoms with Crippen LogP contribution in [0, 0.1) is 5.92 Å². The Balaban J connectivity index is 1.54. The molecule has 1 aromatic carbocycles. The van der Waals surface area contributed by atoms with E-state index in [-0.39, 0.29) is 6.09 Å². The van der Waals surface area contributed by atoms with Gasteiger partial charge in [0.25, 0.3) is 0 Å². The highest BCUT2D eigenvalue weighted by Crippen LogP contribution is 2.32. The highest BCUT2D eigenvalue weighted by molar-refractivity contribution is 5.67. The molecule has 0 spiro atoms. The van der Waals surface area contributed by atoms with E-state index in [1.165, 1.54) is 5.56 Å². The minimum absolute atomic E-state index is 0.169. The van der Waals surface area contributed by atoms with Gasteiger partial charge < -0.3 is 9.74 Å². The van der Waals surface area contributed by atoms with Crippen LogP contribution in [0.3, 0.4) is 0 Å². The first-order valence-electron chi connectivity index (χ1n) is 8.01. The molecule has 0 N–H and O–H groups in total. The second-order valence-corrected chi connectivity index (χ2v) is 6.22. The number of hydrogen-bond donors (Lipinski definition) is 0. The Hall–Kier alpha value is -1.55. The Bertz CT molecular complexity index is 471. The number of hydrogen-bond acceptors (Lipinski definition) is 3. The first-order valence-corrected chi connectivity index (χ1v) is 8.01. The maximum atomic E-state index is 12.0. The predicted molar refractivity (Wildman–Crippen MR) is 81.8 cm³/mol. The molecule has 4 heteroatoms. The molecular weight excluding hydrogens is 264 g/mol. The molecule has 4 nitrogen and oxygen atoms in total. The quantitative estimate of drug-likeness (QED) is 0.837. The maximum Gasteiger partial charge on any atom is 0.428 e. The van der Waals surface area contributed by atoms with E-state index >= 15 is 0 Å². The number of piperidine rings is 1. The van der Waals surface area contributed by atoms with Gasteiger partial charge in [-0.05, 0) is 36.7 Å². The SMILES string of the molecule is CC1CN(OC(=O)N2CCCC2)CCC1c1ccccc1. The molecule has 0 radical (unpaired) electrons. The van der Waals surface area contributed by atoms with E-state index in [0.29, 0.717) is 11.8 Å². The Morgan fingerprint density at radius 1 is 1.14 bits per heavy atom. The van der Waals surface area contributed by atoms with Gasteiger partial charge in [0.15, 0.2) is 0 Å². The third-order valence-corrected chi connectivity index (χ3v) is 4.67. The molecule has 21 heavy (non-hydrogen) atoms. The number of amides is 1. The fourth-order valence-corrected chi connectivity index (χ4v) is 3.45. The second-order valence-electron chi connectivity index (χ2n) is 6.22. The van der Waals surface area contributed by atoms with Gasteiger partial charge in [-0.3, -0.25) is 0 Å². The molecule has 2 heterocycles. The molecule has 0 aliphatic carbocycles. The van der Waals surface area contributed by atoms with E-state index in [2.05, 4.69) is 37.3 Å². The van der Waals surface area contributed by atoms with Crippen molar-refractivity contribution in [1.29, 1.82) is 0 Å². The van der Waals surface area contributed by atoms with Crippen molar-refractivity contribution in [2.75, 3.05) is 26.2 Å². The summed E-state index contributed by atoms with van der Waals surface area (Å²) in [5.41, 5.74) is 1.40. The van der Waals surface area contributed by atoms with Crippen LogP contribution in [0.5, 0.6) is 0 Å². The van der Waals surface area contributed by atoms with Gasteiger partial charge in [0.05, 0.1) is 0 Å². The van der Waals surface area contributed by atoms with Crippen LogP contribution in [0.2, 0.25) is 0 Å². The normalized spacial score (nSPS) is 26.8. The summed E-state index contributed by atoms with van der Waals surface area (Å²) in [6.07, 6.45) is 3.07. The fraction of sp³-hybridized carbons (Fsp3) is 0.588. The van der Waals surface area contributed by atoms with Crippen LogP contribution in [-0.2, 0) is 4.84 Å². The summed E-state index contributed by atoms with van der Waals surface area (Å²) in [5.74, 6) is 1.06. The van der Waals surface area contributed by atoms with E-state index in [1.807, 2.05) is 9.96 Å². The smallest absolute Gasteiger partial charge is 0.351 e. The van der Waals surface area contributed by atoms with Gasteiger partial charge in [0.1, 0.15) is 0 Å². The Kier molecular flexibility index (Phi) is 4.44. The number of hydroxylamine groups is 2. The molecule has 3 rings (SSSR count). The number of benzene rings is 1. The molecule has 2 fully saturated rings. The van der Waals surface area contributed by atoms with Crippen molar-refractivity contribution in [3.63, 3.8) is 0 Å². The third kappa shape index (κ3) is 3.38. The van der Waals surface area contributed by atoms with Crippen molar-refractivity contribution in [2.24, 2.45) is 5.92 Å². The van der Waals surface area contributed by atoms with Crippen molar-refractivity contribution in [3.05, 3.63) is 35.9 Å². The van der Waals surface area contributed by atoms with Gasteiger partial charge in [0.2, 0.25) is 0 Å². The molecule has 0 bridgehead atoms. The summed E-state index contributed by atoms with van der Waals surface area (Å²) in [6, 6.07) is 10.7. The van der Waals surface area contributed by atoms with Gasteiger partial charge in [-0.15, -0.1) is 5.06 Å². The number of nitrogens with zero attached hydrogens (tertiary/aromatic N) is 2. The van der Waals surface area contributed by atoms with E-state index in [9.17, 15) is 4.79 Å². The molecule has 2 unspecified atom stereocenters. The van der Waals surface area contributed by atoms with E-state index in [4.69, 9.17) is 4.84 Å². The third-order valence-electron chi connectivity index (χ3n) is 4.67. The largest absolute Gasteiger partial charge is 0.428 e. The van der Waals surface area contributed by atoms with Crippen molar-refractivity contribution in [3.8, 4) is 0 Å². The summed E-state index contributed by atoms with van der Waals surface area (Å²) < 4.78 is 0. The molecule has 0 saturated carbocycles.